The highest BCUT2D eigenvalue weighted by molar-refractivity contribution is 7.11. The number of rotatable bonds is 6. The Morgan fingerprint density at radius 1 is 1.35 bits per heavy atom. The van der Waals surface area contributed by atoms with Gasteiger partial charge in [0.25, 0.3) is 0 Å². The molecule has 2 heterocycles. The number of aryl methyl sites for hydroxylation is 1. The molecular weight excluding hydrogens is 276 g/mol. The average molecular weight is 294 g/mol. The third-order valence-electron chi connectivity index (χ3n) is 2.32. The lowest BCUT2D eigenvalue weighted by atomic mass is 10.4. The molecule has 20 heavy (non-hydrogen) atoms. The van der Waals surface area contributed by atoms with Gasteiger partial charge in [-0.25, -0.2) is 4.98 Å². The van der Waals surface area contributed by atoms with Crippen molar-refractivity contribution in [2.45, 2.75) is 39.8 Å². The first kappa shape index (κ1) is 14.4. The molecule has 0 aliphatic rings. The summed E-state index contributed by atoms with van der Waals surface area (Å²) >= 11 is 1.66. The molecule has 0 radical (unpaired) electrons. The SMILES string of the molecule is CCc1cnc(CNc2nc(N)nc(OC(C)C)n2)s1. The smallest absolute Gasteiger partial charge is 0.323 e. The van der Waals surface area contributed by atoms with Crippen molar-refractivity contribution in [2.24, 2.45) is 0 Å². The van der Waals surface area contributed by atoms with E-state index in [1.54, 1.807) is 11.3 Å². The van der Waals surface area contributed by atoms with Gasteiger partial charge < -0.3 is 15.8 Å². The lowest BCUT2D eigenvalue weighted by Crippen LogP contribution is -2.12. The Labute approximate surface area is 121 Å². The van der Waals surface area contributed by atoms with Gasteiger partial charge in [0.1, 0.15) is 5.01 Å². The zero-order valence-corrected chi connectivity index (χ0v) is 12.6. The van der Waals surface area contributed by atoms with Crippen LogP contribution in [0.1, 0.15) is 30.7 Å². The summed E-state index contributed by atoms with van der Waals surface area (Å²) in [7, 11) is 0. The standard InChI is InChI=1S/C12H18N6OS/c1-4-8-5-14-9(20-8)6-15-11-16-10(13)17-12(18-11)19-7(2)3/h5,7H,4,6H2,1-3H3,(H3,13,15,16,17,18). The second kappa shape index (κ2) is 6.47. The Kier molecular flexibility index (Phi) is 4.67. The summed E-state index contributed by atoms with van der Waals surface area (Å²) in [4.78, 5) is 17.7. The Morgan fingerprint density at radius 2 is 2.15 bits per heavy atom. The number of thiazole rings is 1. The van der Waals surface area contributed by atoms with Gasteiger partial charge in [0.2, 0.25) is 11.9 Å². The first-order valence-corrected chi connectivity index (χ1v) is 7.24. The van der Waals surface area contributed by atoms with E-state index in [4.69, 9.17) is 10.5 Å². The van der Waals surface area contributed by atoms with Crippen molar-refractivity contribution in [3.05, 3.63) is 16.1 Å². The zero-order valence-electron chi connectivity index (χ0n) is 11.8. The quantitative estimate of drug-likeness (QED) is 0.839. The number of anilines is 2. The van der Waals surface area contributed by atoms with E-state index in [1.807, 2.05) is 20.0 Å². The van der Waals surface area contributed by atoms with Gasteiger partial charge in [-0.2, -0.15) is 15.0 Å². The van der Waals surface area contributed by atoms with Crippen molar-refractivity contribution in [2.75, 3.05) is 11.1 Å². The first-order valence-electron chi connectivity index (χ1n) is 6.42. The van der Waals surface area contributed by atoms with Crippen LogP contribution >= 0.6 is 11.3 Å². The average Bonchev–Trinajstić information content (AvgIpc) is 2.83. The molecule has 0 fully saturated rings. The second-order valence-corrected chi connectivity index (χ2v) is 5.59. The van der Waals surface area contributed by atoms with Crippen LogP contribution < -0.4 is 15.8 Å². The summed E-state index contributed by atoms with van der Waals surface area (Å²) in [6.07, 6.45) is 2.86. The highest BCUT2D eigenvalue weighted by Crippen LogP contribution is 2.15. The number of hydrogen-bond donors (Lipinski definition) is 2. The van der Waals surface area contributed by atoms with Gasteiger partial charge in [0.15, 0.2) is 0 Å². The molecule has 0 spiro atoms. The fourth-order valence-electron chi connectivity index (χ4n) is 1.46. The summed E-state index contributed by atoms with van der Waals surface area (Å²) in [5.41, 5.74) is 5.63. The molecule has 0 unspecified atom stereocenters. The van der Waals surface area contributed by atoms with Gasteiger partial charge in [-0.15, -0.1) is 11.3 Å². The van der Waals surface area contributed by atoms with Crippen molar-refractivity contribution in [3.63, 3.8) is 0 Å². The molecule has 8 heteroatoms. The molecule has 7 nitrogen and oxygen atoms in total. The number of nitrogens with one attached hydrogen (secondary N) is 1. The van der Waals surface area contributed by atoms with E-state index in [0.29, 0.717) is 12.5 Å². The third-order valence-corrected chi connectivity index (χ3v) is 3.46. The lowest BCUT2D eigenvalue weighted by Gasteiger charge is -2.09. The molecule has 0 aliphatic carbocycles. The van der Waals surface area contributed by atoms with E-state index >= 15 is 0 Å². The number of ether oxygens (including phenoxy) is 1. The second-order valence-electron chi connectivity index (χ2n) is 4.39. The molecule has 2 rings (SSSR count). The van der Waals surface area contributed by atoms with Crippen LogP contribution in [0.5, 0.6) is 6.01 Å². The molecule has 0 amide bonds. The van der Waals surface area contributed by atoms with Crippen LogP contribution in [0.15, 0.2) is 6.20 Å². The predicted molar refractivity (Wildman–Crippen MR) is 78.8 cm³/mol. The highest BCUT2D eigenvalue weighted by Gasteiger charge is 2.08. The minimum atomic E-state index is -0.0178. The highest BCUT2D eigenvalue weighted by atomic mass is 32.1. The summed E-state index contributed by atoms with van der Waals surface area (Å²) in [6, 6.07) is 0.225. The number of nitrogen functional groups attached to an aromatic ring is 1. The van der Waals surface area contributed by atoms with E-state index in [2.05, 4.69) is 32.2 Å². The minimum absolute atomic E-state index is 0.0178. The van der Waals surface area contributed by atoms with Crippen LogP contribution in [-0.2, 0) is 13.0 Å². The van der Waals surface area contributed by atoms with E-state index in [-0.39, 0.29) is 18.1 Å². The molecule has 0 atom stereocenters. The Bertz CT molecular complexity index is 571. The summed E-state index contributed by atoms with van der Waals surface area (Å²) in [5.74, 6) is 0.521. The maximum atomic E-state index is 5.63. The topological polar surface area (TPSA) is 98.8 Å². The summed E-state index contributed by atoms with van der Waals surface area (Å²) in [5, 5.41) is 4.06. The van der Waals surface area contributed by atoms with Crippen molar-refractivity contribution in [3.8, 4) is 6.01 Å². The summed E-state index contributed by atoms with van der Waals surface area (Å²) in [6.45, 7) is 6.45. The maximum absolute atomic E-state index is 5.63. The van der Waals surface area contributed by atoms with Gasteiger partial charge in [0.05, 0.1) is 12.6 Å². The lowest BCUT2D eigenvalue weighted by molar-refractivity contribution is 0.222. The fraction of sp³-hybridized carbons (Fsp3) is 0.500. The van der Waals surface area contributed by atoms with Gasteiger partial charge in [-0.1, -0.05) is 6.92 Å². The molecule has 2 aromatic heterocycles. The number of nitrogens with two attached hydrogens (primary N) is 1. The van der Waals surface area contributed by atoms with Crippen LogP contribution in [-0.4, -0.2) is 26.0 Å². The Balaban J connectivity index is 2.03. The van der Waals surface area contributed by atoms with Crippen LogP contribution in [0.4, 0.5) is 11.9 Å². The Morgan fingerprint density at radius 3 is 2.80 bits per heavy atom. The molecule has 2 aromatic rings. The van der Waals surface area contributed by atoms with Crippen LogP contribution in [0.2, 0.25) is 0 Å². The maximum Gasteiger partial charge on any atom is 0.323 e. The molecular formula is C12H18N6OS. The monoisotopic (exact) mass is 294 g/mol. The van der Waals surface area contributed by atoms with Crippen molar-refractivity contribution in [1.29, 1.82) is 0 Å². The van der Waals surface area contributed by atoms with Crippen molar-refractivity contribution in [1.82, 2.24) is 19.9 Å². The van der Waals surface area contributed by atoms with E-state index < -0.39 is 0 Å². The fourth-order valence-corrected chi connectivity index (χ4v) is 2.26. The van der Waals surface area contributed by atoms with Gasteiger partial charge >= 0.3 is 6.01 Å². The molecule has 0 saturated carbocycles. The normalized spacial score (nSPS) is 10.8. The van der Waals surface area contributed by atoms with Gasteiger partial charge in [0, 0.05) is 11.1 Å². The third kappa shape index (κ3) is 4.02. The van der Waals surface area contributed by atoms with Crippen LogP contribution in [0.3, 0.4) is 0 Å². The molecule has 3 N–H and O–H groups in total. The largest absolute Gasteiger partial charge is 0.461 e. The summed E-state index contributed by atoms with van der Waals surface area (Å²) < 4.78 is 5.41. The van der Waals surface area contributed by atoms with Crippen molar-refractivity contribution < 1.29 is 4.74 Å². The molecule has 108 valence electrons. The van der Waals surface area contributed by atoms with E-state index in [9.17, 15) is 0 Å². The van der Waals surface area contributed by atoms with E-state index in [0.717, 1.165) is 11.4 Å². The number of nitrogens with zero attached hydrogens (tertiary/aromatic N) is 4. The minimum Gasteiger partial charge on any atom is -0.461 e. The zero-order chi connectivity index (χ0) is 14.5. The van der Waals surface area contributed by atoms with Crippen LogP contribution in [0, 0.1) is 0 Å². The van der Waals surface area contributed by atoms with Gasteiger partial charge in [-0.05, 0) is 20.3 Å². The number of aromatic nitrogens is 4. The molecule has 0 bridgehead atoms. The molecule has 0 aromatic carbocycles. The van der Waals surface area contributed by atoms with E-state index in [1.165, 1.54) is 4.88 Å². The van der Waals surface area contributed by atoms with Crippen LogP contribution in [0.25, 0.3) is 0 Å². The first-order chi connectivity index (χ1) is 9.56. The predicted octanol–water partition coefficient (Wildman–Crippen LogP) is 1.87. The Hall–Kier alpha value is -1.96. The van der Waals surface area contributed by atoms with Gasteiger partial charge in [-0.3, -0.25) is 0 Å². The molecule has 0 saturated heterocycles. The number of hydrogen-bond acceptors (Lipinski definition) is 8. The molecule has 0 aliphatic heterocycles. The van der Waals surface area contributed by atoms with Crippen molar-refractivity contribution >= 4 is 23.2 Å².